The van der Waals surface area contributed by atoms with Crippen LogP contribution in [0.4, 0.5) is 5.69 Å². The lowest BCUT2D eigenvalue weighted by molar-refractivity contribution is -0.384. The van der Waals surface area contributed by atoms with E-state index in [1.54, 1.807) is 13.0 Å². The van der Waals surface area contributed by atoms with Crippen molar-refractivity contribution in [3.05, 3.63) is 39.8 Å². The van der Waals surface area contributed by atoms with Crippen molar-refractivity contribution in [2.24, 2.45) is 0 Å². The first-order chi connectivity index (χ1) is 9.97. The molecular formula is C13H13N3O5. The van der Waals surface area contributed by atoms with Gasteiger partial charge in [0.15, 0.2) is 0 Å². The van der Waals surface area contributed by atoms with Crippen molar-refractivity contribution in [2.45, 2.75) is 26.2 Å². The molecule has 0 amide bonds. The van der Waals surface area contributed by atoms with Crippen LogP contribution in [0.1, 0.15) is 24.3 Å². The molecule has 0 aliphatic rings. The number of nitro groups is 1. The summed E-state index contributed by atoms with van der Waals surface area (Å²) in [6, 6.07) is 4.42. The van der Waals surface area contributed by atoms with Crippen LogP contribution in [-0.2, 0) is 11.2 Å². The van der Waals surface area contributed by atoms with Gasteiger partial charge < -0.3 is 9.63 Å². The number of hydrogen-bond donors (Lipinski definition) is 1. The number of non-ortho nitro benzene ring substituents is 1. The molecule has 8 nitrogen and oxygen atoms in total. The molecule has 21 heavy (non-hydrogen) atoms. The van der Waals surface area contributed by atoms with Gasteiger partial charge in [0.1, 0.15) is 0 Å². The summed E-state index contributed by atoms with van der Waals surface area (Å²) >= 11 is 0. The van der Waals surface area contributed by atoms with E-state index in [0.717, 1.165) is 5.56 Å². The normalized spacial score (nSPS) is 10.5. The molecule has 110 valence electrons. The van der Waals surface area contributed by atoms with Gasteiger partial charge >= 0.3 is 5.97 Å². The highest BCUT2D eigenvalue weighted by molar-refractivity contribution is 5.66. The van der Waals surface area contributed by atoms with Crippen LogP contribution >= 0.6 is 0 Å². The summed E-state index contributed by atoms with van der Waals surface area (Å²) < 4.78 is 5.03. The lowest BCUT2D eigenvalue weighted by Gasteiger charge is -2.00. The molecule has 0 aliphatic heterocycles. The van der Waals surface area contributed by atoms with Gasteiger partial charge in [0, 0.05) is 30.5 Å². The molecule has 0 unspecified atom stereocenters. The predicted molar refractivity (Wildman–Crippen MR) is 71.7 cm³/mol. The fraction of sp³-hybridized carbons (Fsp3) is 0.308. The van der Waals surface area contributed by atoms with Crippen LogP contribution in [0, 0.1) is 17.0 Å². The molecule has 0 aliphatic carbocycles. The maximum atomic E-state index is 10.8. The summed E-state index contributed by atoms with van der Waals surface area (Å²) in [6.45, 7) is 1.79. The van der Waals surface area contributed by atoms with Crippen LogP contribution < -0.4 is 0 Å². The molecular weight excluding hydrogens is 278 g/mol. The van der Waals surface area contributed by atoms with Gasteiger partial charge in [-0.2, -0.15) is 4.98 Å². The second-order valence-electron chi connectivity index (χ2n) is 4.52. The van der Waals surface area contributed by atoms with E-state index in [1.807, 2.05) is 0 Å². The van der Waals surface area contributed by atoms with Crippen molar-refractivity contribution in [3.8, 4) is 11.4 Å². The monoisotopic (exact) mass is 291 g/mol. The Kier molecular flexibility index (Phi) is 4.27. The quantitative estimate of drug-likeness (QED) is 0.640. The standard InChI is InChI=1S/C13H13N3O5/c1-8-5-6-9(16(19)20)7-10(8)13-14-11(21-15-13)3-2-4-12(17)18/h5-7H,2-4H2,1H3,(H,17,18). The molecule has 2 aromatic rings. The minimum Gasteiger partial charge on any atom is -0.481 e. The number of aromatic nitrogens is 2. The molecule has 0 spiro atoms. The zero-order valence-corrected chi connectivity index (χ0v) is 11.3. The summed E-state index contributed by atoms with van der Waals surface area (Å²) in [5, 5.41) is 23.1. The van der Waals surface area contributed by atoms with Gasteiger partial charge in [0.25, 0.3) is 5.69 Å². The van der Waals surface area contributed by atoms with Gasteiger partial charge in [-0.1, -0.05) is 11.2 Å². The first-order valence-electron chi connectivity index (χ1n) is 6.27. The summed E-state index contributed by atoms with van der Waals surface area (Å²) in [5.74, 6) is -0.303. The second kappa shape index (κ2) is 6.12. The molecule has 0 atom stereocenters. The van der Waals surface area contributed by atoms with Gasteiger partial charge in [0.2, 0.25) is 11.7 Å². The minimum absolute atomic E-state index is 0.0214. The maximum absolute atomic E-state index is 10.8. The van der Waals surface area contributed by atoms with Crippen LogP contribution in [0.25, 0.3) is 11.4 Å². The van der Waals surface area contributed by atoms with Crippen molar-refractivity contribution >= 4 is 11.7 Å². The number of carboxylic acids is 1. The number of benzene rings is 1. The van der Waals surface area contributed by atoms with Gasteiger partial charge in [-0.25, -0.2) is 0 Å². The average Bonchev–Trinajstić information content (AvgIpc) is 2.87. The molecule has 1 aromatic heterocycles. The van der Waals surface area contributed by atoms with Crippen molar-refractivity contribution in [2.75, 3.05) is 0 Å². The Bertz CT molecular complexity index is 680. The molecule has 0 radical (unpaired) electrons. The number of rotatable bonds is 6. The highest BCUT2D eigenvalue weighted by Gasteiger charge is 2.15. The molecule has 1 N–H and O–H groups in total. The summed E-state index contributed by atoms with van der Waals surface area (Å²) in [4.78, 5) is 24.9. The summed E-state index contributed by atoms with van der Waals surface area (Å²) in [5.41, 5.74) is 1.27. The number of nitrogens with zero attached hydrogens (tertiary/aromatic N) is 3. The topological polar surface area (TPSA) is 119 Å². The van der Waals surface area contributed by atoms with E-state index < -0.39 is 10.9 Å². The van der Waals surface area contributed by atoms with E-state index in [2.05, 4.69) is 10.1 Å². The molecule has 1 heterocycles. The first-order valence-corrected chi connectivity index (χ1v) is 6.27. The van der Waals surface area contributed by atoms with Crippen LogP contribution in [0.3, 0.4) is 0 Å². The smallest absolute Gasteiger partial charge is 0.303 e. The summed E-state index contributed by atoms with van der Waals surface area (Å²) in [6.07, 6.45) is 0.770. The van der Waals surface area contributed by atoms with Crippen molar-refractivity contribution in [1.82, 2.24) is 10.1 Å². The van der Waals surface area contributed by atoms with Crippen LogP contribution in [-0.4, -0.2) is 26.1 Å². The Labute approximate surface area is 119 Å². The third-order valence-electron chi connectivity index (χ3n) is 2.92. The van der Waals surface area contributed by atoms with E-state index in [-0.39, 0.29) is 17.9 Å². The Balaban J connectivity index is 2.19. The average molecular weight is 291 g/mol. The molecule has 0 saturated heterocycles. The van der Waals surface area contributed by atoms with Crippen molar-refractivity contribution in [3.63, 3.8) is 0 Å². The Morgan fingerprint density at radius 2 is 2.24 bits per heavy atom. The molecule has 8 heteroatoms. The first kappa shape index (κ1) is 14.6. The maximum Gasteiger partial charge on any atom is 0.303 e. The van der Waals surface area contributed by atoms with Gasteiger partial charge in [-0.05, 0) is 18.9 Å². The third-order valence-corrected chi connectivity index (χ3v) is 2.92. The number of nitro benzene ring substituents is 1. The van der Waals surface area contributed by atoms with E-state index in [4.69, 9.17) is 9.63 Å². The zero-order valence-electron chi connectivity index (χ0n) is 11.3. The highest BCUT2D eigenvalue weighted by atomic mass is 16.6. The van der Waals surface area contributed by atoms with E-state index >= 15 is 0 Å². The van der Waals surface area contributed by atoms with Gasteiger partial charge in [0.05, 0.1) is 4.92 Å². The largest absolute Gasteiger partial charge is 0.481 e. The molecule has 1 aromatic carbocycles. The Morgan fingerprint density at radius 3 is 2.90 bits per heavy atom. The van der Waals surface area contributed by atoms with E-state index in [9.17, 15) is 14.9 Å². The number of aliphatic carboxylic acids is 1. The molecule has 0 fully saturated rings. The lowest BCUT2D eigenvalue weighted by Crippen LogP contribution is -1.96. The van der Waals surface area contributed by atoms with Crippen LogP contribution in [0.5, 0.6) is 0 Å². The third kappa shape index (κ3) is 3.62. The van der Waals surface area contributed by atoms with E-state index in [1.165, 1.54) is 12.1 Å². The fourth-order valence-corrected chi connectivity index (χ4v) is 1.82. The van der Waals surface area contributed by atoms with Gasteiger partial charge in [-0.15, -0.1) is 0 Å². The summed E-state index contributed by atoms with van der Waals surface area (Å²) in [7, 11) is 0. The SMILES string of the molecule is Cc1ccc([N+](=O)[O-])cc1-c1noc(CCCC(=O)O)n1. The van der Waals surface area contributed by atoms with Crippen molar-refractivity contribution in [1.29, 1.82) is 0 Å². The Hall–Kier alpha value is -2.77. The number of carbonyl (C=O) groups is 1. The molecule has 2 rings (SSSR count). The number of carboxylic acid groups (broad SMARTS) is 1. The van der Waals surface area contributed by atoms with Gasteiger partial charge in [-0.3, -0.25) is 14.9 Å². The molecule has 0 bridgehead atoms. The fourth-order valence-electron chi connectivity index (χ4n) is 1.82. The van der Waals surface area contributed by atoms with E-state index in [0.29, 0.717) is 24.3 Å². The number of hydrogen-bond acceptors (Lipinski definition) is 6. The highest BCUT2D eigenvalue weighted by Crippen LogP contribution is 2.25. The Morgan fingerprint density at radius 1 is 1.48 bits per heavy atom. The predicted octanol–water partition coefficient (Wildman–Crippen LogP) is 2.36. The second-order valence-corrected chi connectivity index (χ2v) is 4.52. The molecule has 0 saturated carbocycles. The van der Waals surface area contributed by atoms with Crippen LogP contribution in [0.15, 0.2) is 22.7 Å². The minimum atomic E-state index is -0.885. The van der Waals surface area contributed by atoms with Crippen molar-refractivity contribution < 1.29 is 19.3 Å². The van der Waals surface area contributed by atoms with Crippen LogP contribution in [0.2, 0.25) is 0 Å². The zero-order chi connectivity index (χ0) is 15.4. The lowest BCUT2D eigenvalue weighted by atomic mass is 10.1. The number of aryl methyl sites for hydroxylation is 2.